The Bertz CT molecular complexity index is 208. The second kappa shape index (κ2) is 3.95. The lowest BCUT2D eigenvalue weighted by molar-refractivity contribution is 0.329. The molecule has 0 atom stereocenters. The van der Waals surface area contributed by atoms with Crippen LogP contribution < -0.4 is 16.2 Å². The van der Waals surface area contributed by atoms with E-state index >= 15 is 0 Å². The Kier molecular flexibility index (Phi) is 2.89. The normalized spacial score (nSPS) is 9.64. The topological polar surface area (TPSA) is 61.3 Å². The van der Waals surface area contributed by atoms with Gasteiger partial charge in [-0.1, -0.05) is 12.1 Å². The smallest absolute Gasteiger partial charge is 0.137 e. The number of rotatable bonds is 3. The van der Waals surface area contributed by atoms with Gasteiger partial charge in [-0.25, -0.2) is 0 Å². The second-order valence-corrected chi connectivity index (χ2v) is 2.16. The summed E-state index contributed by atoms with van der Waals surface area (Å²) in [5.41, 5.74) is 11.7. The van der Waals surface area contributed by atoms with Crippen molar-refractivity contribution in [3.63, 3.8) is 0 Å². The van der Waals surface area contributed by atoms with Gasteiger partial charge in [0.2, 0.25) is 0 Å². The van der Waals surface area contributed by atoms with Crippen molar-refractivity contribution >= 4 is 0 Å². The molecule has 0 amide bonds. The largest absolute Gasteiger partial charge is 0.479 e. The van der Waals surface area contributed by atoms with Gasteiger partial charge in [-0.05, 0) is 17.7 Å². The van der Waals surface area contributed by atoms with Crippen LogP contribution in [0.1, 0.15) is 5.56 Å². The van der Waals surface area contributed by atoms with Crippen LogP contribution in [0.25, 0.3) is 0 Å². The third kappa shape index (κ3) is 2.22. The lowest BCUT2D eigenvalue weighted by Crippen LogP contribution is -2.07. The summed E-state index contributed by atoms with van der Waals surface area (Å²) in [6.45, 7) is 0.769. The van der Waals surface area contributed by atoms with Crippen LogP contribution in [-0.4, -0.2) is 6.73 Å². The van der Waals surface area contributed by atoms with E-state index in [2.05, 4.69) is 0 Å². The molecule has 0 fully saturated rings. The van der Waals surface area contributed by atoms with Gasteiger partial charge in [0, 0.05) is 6.54 Å². The van der Waals surface area contributed by atoms with E-state index in [0.717, 1.165) is 11.3 Å². The first-order valence-electron chi connectivity index (χ1n) is 3.48. The van der Waals surface area contributed by atoms with Gasteiger partial charge in [0.25, 0.3) is 0 Å². The Labute approximate surface area is 66.0 Å². The molecule has 0 spiro atoms. The summed E-state index contributed by atoms with van der Waals surface area (Å²) in [5, 5.41) is 0. The third-order valence-corrected chi connectivity index (χ3v) is 1.41. The lowest BCUT2D eigenvalue weighted by atomic mass is 10.2. The van der Waals surface area contributed by atoms with E-state index in [1.54, 1.807) is 0 Å². The van der Waals surface area contributed by atoms with Gasteiger partial charge in [-0.15, -0.1) is 0 Å². The zero-order chi connectivity index (χ0) is 8.10. The summed E-state index contributed by atoms with van der Waals surface area (Å²) < 4.78 is 5.04. The van der Waals surface area contributed by atoms with Crippen LogP contribution in [0.3, 0.4) is 0 Å². The van der Waals surface area contributed by atoms with Gasteiger partial charge >= 0.3 is 0 Å². The molecule has 0 radical (unpaired) electrons. The van der Waals surface area contributed by atoms with Gasteiger partial charge in [-0.2, -0.15) is 0 Å². The van der Waals surface area contributed by atoms with E-state index < -0.39 is 0 Å². The molecule has 3 heteroatoms. The van der Waals surface area contributed by atoms with Gasteiger partial charge in [0.05, 0.1) is 0 Å². The predicted molar refractivity (Wildman–Crippen MR) is 44.0 cm³/mol. The molecule has 0 aromatic heterocycles. The molecule has 0 heterocycles. The molecule has 0 unspecified atom stereocenters. The summed E-state index contributed by atoms with van der Waals surface area (Å²) in [5.74, 6) is 0.782. The molecule has 0 bridgehead atoms. The molecular formula is C8H12N2O. The molecule has 0 saturated heterocycles. The van der Waals surface area contributed by atoms with Crippen LogP contribution in [0.5, 0.6) is 5.75 Å². The highest BCUT2D eigenvalue weighted by atomic mass is 16.5. The Morgan fingerprint density at radius 1 is 1.09 bits per heavy atom. The van der Waals surface area contributed by atoms with Crippen LogP contribution in [0.4, 0.5) is 0 Å². The minimum Gasteiger partial charge on any atom is -0.479 e. The van der Waals surface area contributed by atoms with E-state index in [0.29, 0.717) is 6.54 Å². The van der Waals surface area contributed by atoms with Crippen molar-refractivity contribution in [2.45, 2.75) is 6.54 Å². The summed E-state index contributed by atoms with van der Waals surface area (Å²) >= 11 is 0. The Morgan fingerprint density at radius 3 is 2.18 bits per heavy atom. The highest BCUT2D eigenvalue weighted by molar-refractivity contribution is 5.26. The maximum Gasteiger partial charge on any atom is 0.137 e. The quantitative estimate of drug-likeness (QED) is 0.618. The Morgan fingerprint density at radius 2 is 1.73 bits per heavy atom. The molecule has 1 rings (SSSR count). The van der Waals surface area contributed by atoms with Crippen LogP contribution in [-0.2, 0) is 6.54 Å². The highest BCUT2D eigenvalue weighted by Crippen LogP contribution is 2.10. The molecule has 60 valence electrons. The minimum absolute atomic E-state index is 0.210. The van der Waals surface area contributed by atoms with Crippen molar-refractivity contribution < 1.29 is 4.74 Å². The Hall–Kier alpha value is -1.06. The van der Waals surface area contributed by atoms with Gasteiger partial charge in [0.15, 0.2) is 0 Å². The van der Waals surface area contributed by atoms with Gasteiger partial charge < -0.3 is 10.5 Å². The number of hydrogen-bond acceptors (Lipinski definition) is 3. The van der Waals surface area contributed by atoms with Crippen LogP contribution >= 0.6 is 0 Å². The van der Waals surface area contributed by atoms with Crippen molar-refractivity contribution in [3.05, 3.63) is 29.8 Å². The molecule has 0 aliphatic carbocycles. The monoisotopic (exact) mass is 152 g/mol. The van der Waals surface area contributed by atoms with Crippen molar-refractivity contribution in [1.29, 1.82) is 0 Å². The van der Waals surface area contributed by atoms with E-state index in [1.807, 2.05) is 24.3 Å². The molecule has 0 aliphatic rings. The number of ether oxygens (including phenoxy) is 1. The second-order valence-electron chi connectivity index (χ2n) is 2.16. The number of nitrogens with two attached hydrogens (primary N) is 2. The molecule has 0 saturated carbocycles. The van der Waals surface area contributed by atoms with Gasteiger partial charge in [0.1, 0.15) is 12.5 Å². The average Bonchev–Trinajstić information content (AvgIpc) is 2.07. The number of benzene rings is 1. The maximum absolute atomic E-state index is 5.41. The SMILES string of the molecule is NCOc1ccc(CN)cc1. The van der Waals surface area contributed by atoms with Gasteiger partial charge in [-0.3, -0.25) is 5.73 Å². The molecule has 1 aromatic carbocycles. The first kappa shape index (κ1) is 8.04. The standard InChI is InChI=1S/C8H12N2O/c9-5-7-1-3-8(4-2-7)11-6-10/h1-4H,5-6,9-10H2. The first-order chi connectivity index (χ1) is 5.36. The van der Waals surface area contributed by atoms with Crippen molar-refractivity contribution in [3.8, 4) is 5.75 Å². The fraction of sp³-hybridized carbons (Fsp3) is 0.250. The first-order valence-corrected chi connectivity index (χ1v) is 3.48. The fourth-order valence-electron chi connectivity index (χ4n) is 0.818. The molecular weight excluding hydrogens is 140 g/mol. The highest BCUT2D eigenvalue weighted by Gasteiger charge is 1.90. The molecule has 4 N–H and O–H groups in total. The van der Waals surface area contributed by atoms with E-state index in [1.165, 1.54) is 0 Å². The van der Waals surface area contributed by atoms with Crippen LogP contribution in [0.2, 0.25) is 0 Å². The number of hydrogen-bond donors (Lipinski definition) is 2. The van der Waals surface area contributed by atoms with E-state index in [-0.39, 0.29) is 6.73 Å². The molecule has 3 nitrogen and oxygen atoms in total. The minimum atomic E-state index is 0.210. The van der Waals surface area contributed by atoms with E-state index in [4.69, 9.17) is 16.2 Å². The molecule has 1 aromatic rings. The van der Waals surface area contributed by atoms with Crippen molar-refractivity contribution in [2.24, 2.45) is 11.5 Å². The molecule has 11 heavy (non-hydrogen) atoms. The van der Waals surface area contributed by atoms with Crippen LogP contribution in [0.15, 0.2) is 24.3 Å². The zero-order valence-electron chi connectivity index (χ0n) is 6.29. The lowest BCUT2D eigenvalue weighted by Gasteiger charge is -2.02. The summed E-state index contributed by atoms with van der Waals surface area (Å²) in [4.78, 5) is 0. The summed E-state index contributed by atoms with van der Waals surface area (Å²) in [6.07, 6.45) is 0. The summed E-state index contributed by atoms with van der Waals surface area (Å²) in [6, 6.07) is 7.56. The predicted octanol–water partition coefficient (Wildman–Crippen LogP) is 0.440. The fourth-order valence-corrected chi connectivity index (χ4v) is 0.818. The molecule has 0 aliphatic heterocycles. The zero-order valence-corrected chi connectivity index (χ0v) is 6.29. The summed E-state index contributed by atoms with van der Waals surface area (Å²) in [7, 11) is 0. The Balaban J connectivity index is 2.66. The van der Waals surface area contributed by atoms with E-state index in [9.17, 15) is 0 Å². The van der Waals surface area contributed by atoms with Crippen LogP contribution in [0, 0.1) is 0 Å². The maximum atomic E-state index is 5.41. The van der Waals surface area contributed by atoms with Crippen molar-refractivity contribution in [1.82, 2.24) is 0 Å². The average molecular weight is 152 g/mol. The van der Waals surface area contributed by atoms with Crippen molar-refractivity contribution in [2.75, 3.05) is 6.73 Å². The third-order valence-electron chi connectivity index (χ3n) is 1.41.